The summed E-state index contributed by atoms with van der Waals surface area (Å²) >= 11 is 0. The molecule has 0 amide bonds. The maximum absolute atomic E-state index is 10.8. The summed E-state index contributed by atoms with van der Waals surface area (Å²) in [6.07, 6.45) is 12.0. The summed E-state index contributed by atoms with van der Waals surface area (Å²) in [5.41, 5.74) is 2.66. The van der Waals surface area contributed by atoms with E-state index in [-0.39, 0.29) is 13.2 Å². The van der Waals surface area contributed by atoms with Crippen LogP contribution in [0.1, 0.15) is 62.5 Å². The first-order valence-corrected chi connectivity index (χ1v) is 13.6. The molecule has 1 rings (SSSR count). The summed E-state index contributed by atoms with van der Waals surface area (Å²) < 4.78 is 52.8. The third-order valence-electron chi connectivity index (χ3n) is 4.34. The molecule has 0 fully saturated rings. The van der Waals surface area contributed by atoms with E-state index < -0.39 is 20.2 Å². The second-order valence-electron chi connectivity index (χ2n) is 7.20. The third kappa shape index (κ3) is 15.0. The SMILES string of the molecule is CS(=O)(=O)OCCCCCCc1ccc(CCCCCCOS(C)(=O)=O)cc1. The Morgan fingerprint density at radius 1 is 0.571 bits per heavy atom. The van der Waals surface area contributed by atoms with Crippen LogP contribution in [0.3, 0.4) is 0 Å². The number of hydrogen-bond donors (Lipinski definition) is 0. The Morgan fingerprint density at radius 2 is 0.893 bits per heavy atom. The zero-order chi connectivity index (χ0) is 20.9. The van der Waals surface area contributed by atoms with Crippen molar-refractivity contribution in [2.24, 2.45) is 0 Å². The molecule has 0 heterocycles. The summed E-state index contributed by atoms with van der Waals surface area (Å²) in [7, 11) is -6.62. The standard InChI is InChI=1S/C20H34O6S2/c1-27(21,22)25-17-9-5-3-7-11-19-13-15-20(16-14-19)12-8-4-6-10-18-26-28(2,23)24/h13-16H,3-12,17-18H2,1-2H3. The molecule has 8 heteroatoms. The zero-order valence-corrected chi connectivity index (χ0v) is 18.7. The Bertz CT molecular complexity index is 674. The second-order valence-corrected chi connectivity index (χ2v) is 10.5. The van der Waals surface area contributed by atoms with Crippen molar-refractivity contribution in [2.75, 3.05) is 25.7 Å². The topological polar surface area (TPSA) is 86.7 Å². The largest absolute Gasteiger partial charge is 0.270 e. The van der Waals surface area contributed by atoms with Gasteiger partial charge in [0.1, 0.15) is 0 Å². The van der Waals surface area contributed by atoms with Crippen molar-refractivity contribution in [2.45, 2.75) is 64.2 Å². The molecular formula is C20H34O6S2. The van der Waals surface area contributed by atoms with E-state index in [2.05, 4.69) is 24.3 Å². The van der Waals surface area contributed by atoms with Crippen LogP contribution in [0.15, 0.2) is 24.3 Å². The lowest BCUT2D eigenvalue weighted by atomic mass is 10.0. The van der Waals surface area contributed by atoms with Crippen molar-refractivity contribution < 1.29 is 25.2 Å². The second kappa shape index (κ2) is 13.3. The fourth-order valence-electron chi connectivity index (χ4n) is 2.86. The van der Waals surface area contributed by atoms with Crippen molar-refractivity contribution >= 4 is 20.2 Å². The molecule has 0 saturated heterocycles. The minimum absolute atomic E-state index is 0.276. The van der Waals surface area contributed by atoms with Gasteiger partial charge in [0.25, 0.3) is 20.2 Å². The molecule has 0 atom stereocenters. The van der Waals surface area contributed by atoms with E-state index in [0.29, 0.717) is 0 Å². The molecule has 0 spiro atoms. The van der Waals surface area contributed by atoms with Crippen LogP contribution in [0.4, 0.5) is 0 Å². The van der Waals surface area contributed by atoms with E-state index in [1.807, 2.05) is 0 Å². The van der Waals surface area contributed by atoms with Crippen molar-refractivity contribution in [3.63, 3.8) is 0 Å². The van der Waals surface area contributed by atoms with Gasteiger partial charge in [-0.1, -0.05) is 49.9 Å². The fourth-order valence-corrected chi connectivity index (χ4v) is 3.70. The number of unbranched alkanes of at least 4 members (excludes halogenated alkanes) is 6. The molecule has 1 aromatic rings. The predicted octanol–water partition coefficient (Wildman–Crippen LogP) is 3.84. The Kier molecular flexibility index (Phi) is 11.9. The van der Waals surface area contributed by atoms with Gasteiger partial charge in [0, 0.05) is 0 Å². The molecule has 0 saturated carbocycles. The van der Waals surface area contributed by atoms with E-state index >= 15 is 0 Å². The van der Waals surface area contributed by atoms with E-state index in [9.17, 15) is 16.8 Å². The lowest BCUT2D eigenvalue weighted by molar-refractivity contribution is 0.309. The summed E-state index contributed by atoms with van der Waals surface area (Å²) in [6.45, 7) is 0.552. The molecule has 0 N–H and O–H groups in total. The molecule has 0 aliphatic carbocycles. The van der Waals surface area contributed by atoms with Crippen molar-refractivity contribution in [3.05, 3.63) is 35.4 Å². The van der Waals surface area contributed by atoms with Crippen LogP contribution in [-0.4, -0.2) is 42.6 Å². The molecule has 28 heavy (non-hydrogen) atoms. The Balaban J connectivity index is 2.06. The van der Waals surface area contributed by atoms with Crippen LogP contribution < -0.4 is 0 Å². The first kappa shape index (κ1) is 25.1. The van der Waals surface area contributed by atoms with Crippen molar-refractivity contribution in [1.82, 2.24) is 0 Å². The van der Waals surface area contributed by atoms with Gasteiger partial charge in [0.15, 0.2) is 0 Å². The molecule has 1 aromatic carbocycles. The zero-order valence-electron chi connectivity index (χ0n) is 17.1. The van der Waals surface area contributed by atoms with Crippen LogP contribution in [0.25, 0.3) is 0 Å². The van der Waals surface area contributed by atoms with Gasteiger partial charge in [-0.2, -0.15) is 16.8 Å². The highest BCUT2D eigenvalue weighted by atomic mass is 32.2. The van der Waals surface area contributed by atoms with Crippen LogP contribution in [-0.2, 0) is 41.4 Å². The molecule has 6 nitrogen and oxygen atoms in total. The summed E-state index contributed by atoms with van der Waals surface area (Å²) in [5.74, 6) is 0. The van der Waals surface area contributed by atoms with Gasteiger partial charge in [0.2, 0.25) is 0 Å². The van der Waals surface area contributed by atoms with E-state index in [0.717, 1.165) is 76.7 Å². The van der Waals surface area contributed by atoms with Crippen molar-refractivity contribution in [1.29, 1.82) is 0 Å². The minimum Gasteiger partial charge on any atom is -0.270 e. The maximum Gasteiger partial charge on any atom is 0.264 e. The lowest BCUT2D eigenvalue weighted by Gasteiger charge is -2.06. The van der Waals surface area contributed by atoms with Gasteiger partial charge >= 0.3 is 0 Å². The van der Waals surface area contributed by atoms with E-state index in [1.54, 1.807) is 0 Å². The Labute approximate surface area is 170 Å². The molecular weight excluding hydrogens is 400 g/mol. The van der Waals surface area contributed by atoms with Gasteiger partial charge < -0.3 is 0 Å². The van der Waals surface area contributed by atoms with Crippen molar-refractivity contribution in [3.8, 4) is 0 Å². The van der Waals surface area contributed by atoms with E-state index in [4.69, 9.17) is 8.37 Å². The van der Waals surface area contributed by atoms with Crippen LogP contribution in [0, 0.1) is 0 Å². The number of hydrogen-bond acceptors (Lipinski definition) is 6. The average Bonchev–Trinajstić information content (AvgIpc) is 2.59. The Morgan fingerprint density at radius 3 is 1.21 bits per heavy atom. The fraction of sp³-hybridized carbons (Fsp3) is 0.700. The number of rotatable bonds is 16. The number of aryl methyl sites for hydroxylation is 2. The summed E-state index contributed by atoms with van der Waals surface area (Å²) in [6, 6.07) is 8.73. The van der Waals surface area contributed by atoms with Crippen LogP contribution >= 0.6 is 0 Å². The molecule has 0 aromatic heterocycles. The summed E-state index contributed by atoms with van der Waals surface area (Å²) in [4.78, 5) is 0. The lowest BCUT2D eigenvalue weighted by Crippen LogP contribution is -2.03. The quantitative estimate of drug-likeness (QED) is 0.290. The monoisotopic (exact) mass is 434 g/mol. The van der Waals surface area contributed by atoms with E-state index in [1.165, 1.54) is 11.1 Å². The molecule has 0 unspecified atom stereocenters. The highest BCUT2D eigenvalue weighted by Gasteiger charge is 2.02. The molecule has 0 aliphatic heterocycles. The van der Waals surface area contributed by atoms with Crippen LogP contribution in [0.5, 0.6) is 0 Å². The smallest absolute Gasteiger partial charge is 0.264 e. The van der Waals surface area contributed by atoms with Gasteiger partial charge in [-0.25, -0.2) is 0 Å². The Hall–Kier alpha value is -0.960. The highest BCUT2D eigenvalue weighted by molar-refractivity contribution is 7.86. The maximum atomic E-state index is 10.8. The molecule has 0 bridgehead atoms. The van der Waals surface area contributed by atoms with Gasteiger partial charge in [-0.3, -0.25) is 8.37 Å². The highest BCUT2D eigenvalue weighted by Crippen LogP contribution is 2.13. The van der Waals surface area contributed by atoms with Gasteiger partial charge in [-0.15, -0.1) is 0 Å². The van der Waals surface area contributed by atoms with Gasteiger partial charge in [0.05, 0.1) is 25.7 Å². The third-order valence-corrected chi connectivity index (χ3v) is 5.53. The first-order chi connectivity index (χ1) is 13.2. The predicted molar refractivity (Wildman–Crippen MR) is 112 cm³/mol. The molecule has 162 valence electrons. The normalized spacial score (nSPS) is 12.4. The first-order valence-electron chi connectivity index (χ1n) is 9.92. The average molecular weight is 435 g/mol. The number of benzene rings is 1. The molecule has 0 aliphatic rings. The summed E-state index contributed by atoms with van der Waals surface area (Å²) in [5, 5.41) is 0. The van der Waals surface area contributed by atoms with Crippen LogP contribution in [0.2, 0.25) is 0 Å². The minimum atomic E-state index is -3.31. The van der Waals surface area contributed by atoms with Gasteiger partial charge in [-0.05, 0) is 49.7 Å². The molecule has 0 radical (unpaired) electrons.